The lowest BCUT2D eigenvalue weighted by Gasteiger charge is -2.19. The van der Waals surface area contributed by atoms with Gasteiger partial charge in [-0.15, -0.1) is 0 Å². The van der Waals surface area contributed by atoms with E-state index in [1.807, 2.05) is 0 Å². The maximum absolute atomic E-state index is 14.9. The van der Waals surface area contributed by atoms with Gasteiger partial charge in [-0.3, -0.25) is 9.59 Å². The lowest BCUT2D eigenvalue weighted by atomic mass is 10.0. The van der Waals surface area contributed by atoms with Crippen LogP contribution >= 0.6 is 11.6 Å². The van der Waals surface area contributed by atoms with Crippen molar-refractivity contribution in [1.82, 2.24) is 4.98 Å². The number of fused-ring (bicyclic) bond motifs is 1. The van der Waals surface area contributed by atoms with Gasteiger partial charge in [-0.1, -0.05) is 11.6 Å². The quantitative estimate of drug-likeness (QED) is 0.419. The first-order valence-electron chi connectivity index (χ1n) is 8.75. The van der Waals surface area contributed by atoms with Gasteiger partial charge in [0.1, 0.15) is 16.4 Å². The summed E-state index contributed by atoms with van der Waals surface area (Å²) in [5, 5.41) is 0.384. The van der Waals surface area contributed by atoms with E-state index in [0.29, 0.717) is 5.39 Å². The Labute approximate surface area is 175 Å². The van der Waals surface area contributed by atoms with Gasteiger partial charge in [0.05, 0.1) is 20.4 Å². The molecule has 158 valence electrons. The third-order valence-electron chi connectivity index (χ3n) is 4.49. The molecule has 3 rings (SSSR count). The minimum Gasteiger partial charge on any atom is -0.494 e. The van der Waals surface area contributed by atoms with E-state index < -0.39 is 46.1 Å². The molecule has 2 aromatic heterocycles. The molecule has 0 aliphatic rings. The van der Waals surface area contributed by atoms with Crippen molar-refractivity contribution in [2.45, 2.75) is 13.8 Å². The van der Waals surface area contributed by atoms with E-state index in [1.165, 1.54) is 38.3 Å². The Bertz CT molecular complexity index is 1130. The summed E-state index contributed by atoms with van der Waals surface area (Å²) in [5.74, 6) is -5.23. The molecule has 0 bridgehead atoms. The number of pyridine rings is 1. The van der Waals surface area contributed by atoms with Crippen LogP contribution in [0.15, 0.2) is 22.7 Å². The molecule has 30 heavy (non-hydrogen) atoms. The van der Waals surface area contributed by atoms with E-state index in [2.05, 4.69) is 4.98 Å². The maximum Gasteiger partial charge on any atom is 0.236 e. The van der Waals surface area contributed by atoms with Crippen LogP contribution in [0.1, 0.15) is 30.0 Å². The predicted molar refractivity (Wildman–Crippen MR) is 106 cm³/mol. The third kappa shape index (κ3) is 3.45. The van der Waals surface area contributed by atoms with E-state index in [-0.39, 0.29) is 23.0 Å². The second-order valence-electron chi connectivity index (χ2n) is 6.16. The Hall–Kier alpha value is -3.20. The maximum atomic E-state index is 14.9. The van der Waals surface area contributed by atoms with Gasteiger partial charge in [0.2, 0.25) is 11.7 Å². The van der Waals surface area contributed by atoms with Gasteiger partial charge >= 0.3 is 0 Å². The molecule has 0 spiro atoms. The molecule has 0 saturated heterocycles. The summed E-state index contributed by atoms with van der Waals surface area (Å²) in [7, 11) is 2.33. The molecule has 0 atom stereocenters. The van der Waals surface area contributed by atoms with E-state index >= 15 is 0 Å². The van der Waals surface area contributed by atoms with Crippen molar-refractivity contribution in [1.29, 1.82) is 0 Å². The number of benzene rings is 1. The monoisotopic (exact) mass is 438 g/mol. The van der Waals surface area contributed by atoms with Crippen LogP contribution in [0.25, 0.3) is 11.0 Å². The van der Waals surface area contributed by atoms with Crippen LogP contribution in [0.5, 0.6) is 11.5 Å². The molecular formula is C20H17ClF2N2O5. The summed E-state index contributed by atoms with van der Waals surface area (Å²) in [5.41, 5.74) is -0.784. The molecule has 0 aliphatic heterocycles. The highest BCUT2D eigenvalue weighted by Crippen LogP contribution is 2.39. The van der Waals surface area contributed by atoms with Gasteiger partial charge in [0.15, 0.2) is 34.5 Å². The van der Waals surface area contributed by atoms with E-state index in [4.69, 9.17) is 25.5 Å². The van der Waals surface area contributed by atoms with Crippen LogP contribution in [0.2, 0.25) is 5.15 Å². The second kappa shape index (κ2) is 8.27. The Kier molecular flexibility index (Phi) is 5.93. The Morgan fingerprint density at radius 2 is 1.77 bits per heavy atom. The van der Waals surface area contributed by atoms with E-state index in [1.54, 1.807) is 6.92 Å². The molecule has 3 aromatic rings. The van der Waals surface area contributed by atoms with Crippen LogP contribution in [0, 0.1) is 11.6 Å². The van der Waals surface area contributed by atoms with Gasteiger partial charge in [0, 0.05) is 24.9 Å². The Morgan fingerprint density at radius 1 is 1.17 bits per heavy atom. The molecule has 2 heterocycles. The number of carbonyl (C=O) groups excluding carboxylic acids is 2. The van der Waals surface area contributed by atoms with Crippen molar-refractivity contribution in [2.75, 3.05) is 25.7 Å². The third-order valence-corrected chi connectivity index (χ3v) is 4.70. The molecule has 0 N–H and O–H groups in total. The lowest BCUT2D eigenvalue weighted by Crippen LogP contribution is -2.29. The molecule has 0 aliphatic carbocycles. The number of methoxy groups -OCH3 is 2. The number of anilines is 1. The first kappa shape index (κ1) is 21.5. The van der Waals surface area contributed by atoms with Crippen LogP contribution < -0.4 is 14.4 Å². The van der Waals surface area contributed by atoms with Crippen LogP contribution in [0.4, 0.5) is 14.5 Å². The largest absolute Gasteiger partial charge is 0.494 e. The SMILES string of the molecule is CCN(C(C)=O)c1c(C(=O)c2c(F)c(OC)cc(OC)c2F)oc2cnc(Cl)cc12. The highest BCUT2D eigenvalue weighted by molar-refractivity contribution is 6.30. The van der Waals surface area contributed by atoms with Crippen LogP contribution in [-0.2, 0) is 4.79 Å². The number of ketones is 1. The topological polar surface area (TPSA) is 81.9 Å². The van der Waals surface area contributed by atoms with Crippen molar-refractivity contribution in [3.63, 3.8) is 0 Å². The number of halogens is 3. The van der Waals surface area contributed by atoms with Crippen LogP contribution in [-0.4, -0.2) is 37.4 Å². The minimum atomic E-state index is -1.23. The molecule has 0 fully saturated rings. The van der Waals surface area contributed by atoms with Crippen molar-refractivity contribution in [2.24, 2.45) is 0 Å². The number of carbonyl (C=O) groups is 2. The van der Waals surface area contributed by atoms with Gasteiger partial charge in [0.25, 0.3) is 0 Å². The molecule has 10 heteroatoms. The highest BCUT2D eigenvalue weighted by Gasteiger charge is 2.33. The van der Waals surface area contributed by atoms with Gasteiger partial charge < -0.3 is 18.8 Å². The molecule has 1 amide bonds. The van der Waals surface area contributed by atoms with Crippen LogP contribution in [0.3, 0.4) is 0 Å². The predicted octanol–water partition coefficient (Wildman–Crippen LogP) is 4.38. The first-order valence-corrected chi connectivity index (χ1v) is 9.13. The Morgan fingerprint density at radius 3 is 2.27 bits per heavy atom. The van der Waals surface area contributed by atoms with Gasteiger partial charge in [-0.05, 0) is 13.0 Å². The lowest BCUT2D eigenvalue weighted by molar-refractivity contribution is -0.116. The average molecular weight is 439 g/mol. The number of furan rings is 1. The highest BCUT2D eigenvalue weighted by atomic mass is 35.5. The fourth-order valence-corrected chi connectivity index (χ4v) is 3.28. The van der Waals surface area contributed by atoms with Gasteiger partial charge in [-0.25, -0.2) is 13.8 Å². The zero-order chi connectivity index (χ0) is 22.2. The second-order valence-corrected chi connectivity index (χ2v) is 6.55. The fraction of sp³-hybridized carbons (Fsp3) is 0.250. The number of hydrogen-bond donors (Lipinski definition) is 0. The zero-order valence-corrected chi connectivity index (χ0v) is 17.3. The number of amides is 1. The van der Waals surface area contributed by atoms with Crippen molar-refractivity contribution >= 4 is 39.9 Å². The summed E-state index contributed by atoms with van der Waals surface area (Å²) in [4.78, 5) is 30.6. The average Bonchev–Trinajstić information content (AvgIpc) is 3.07. The normalized spacial score (nSPS) is 10.9. The molecule has 0 radical (unpaired) electrons. The number of aromatic nitrogens is 1. The minimum absolute atomic E-state index is 0.0369. The summed E-state index contributed by atoms with van der Waals surface area (Å²) >= 11 is 5.96. The summed E-state index contributed by atoms with van der Waals surface area (Å²) in [6.07, 6.45) is 1.25. The molecule has 0 saturated carbocycles. The fourth-order valence-electron chi connectivity index (χ4n) is 3.12. The van der Waals surface area contributed by atoms with E-state index in [0.717, 1.165) is 6.07 Å². The molecule has 0 unspecified atom stereocenters. The molecule has 1 aromatic carbocycles. The molecule has 7 nitrogen and oxygen atoms in total. The van der Waals surface area contributed by atoms with Crippen molar-refractivity contribution in [3.05, 3.63) is 46.4 Å². The summed E-state index contributed by atoms with van der Waals surface area (Å²) < 4.78 is 45.1. The summed E-state index contributed by atoms with van der Waals surface area (Å²) in [6.45, 7) is 3.12. The number of ether oxygens (including phenoxy) is 2. The van der Waals surface area contributed by atoms with E-state index in [9.17, 15) is 18.4 Å². The standard InChI is InChI=1S/C20H17ClF2N2O5/c1-5-25(9(2)26)18-10-6-14(21)24-8-13(10)30-20(18)19(27)15-16(22)11(28-3)7-12(29-4)17(15)23/h6-8H,5H2,1-4H3. The van der Waals surface area contributed by atoms with Gasteiger partial charge in [-0.2, -0.15) is 0 Å². The van der Waals surface area contributed by atoms with Crippen molar-refractivity contribution in [3.8, 4) is 11.5 Å². The molecular weight excluding hydrogens is 422 g/mol. The number of hydrogen-bond acceptors (Lipinski definition) is 6. The smallest absolute Gasteiger partial charge is 0.236 e. The zero-order valence-electron chi connectivity index (χ0n) is 16.5. The number of rotatable bonds is 6. The Balaban J connectivity index is 2.35. The summed E-state index contributed by atoms with van der Waals surface area (Å²) in [6, 6.07) is 2.38. The number of nitrogens with zero attached hydrogens (tertiary/aromatic N) is 2. The first-order chi connectivity index (χ1) is 14.2. The van der Waals surface area contributed by atoms with Crippen molar-refractivity contribution < 1.29 is 32.3 Å².